The van der Waals surface area contributed by atoms with Crippen LogP contribution in [0.15, 0.2) is 24.3 Å². The van der Waals surface area contributed by atoms with E-state index >= 15 is 0 Å². The van der Waals surface area contributed by atoms with E-state index in [2.05, 4.69) is 72.5 Å². The molecule has 1 aromatic carbocycles. The van der Waals surface area contributed by atoms with Crippen LogP contribution in [-0.2, 0) is 11.8 Å². The Morgan fingerprint density at radius 2 is 1.71 bits per heavy atom. The molecule has 0 fully saturated rings. The van der Waals surface area contributed by atoms with E-state index in [0.29, 0.717) is 6.04 Å². The normalized spacial score (nSPS) is 13.3. The first-order valence-corrected chi connectivity index (χ1v) is 8.13. The molecule has 0 aliphatic heterocycles. The van der Waals surface area contributed by atoms with Gasteiger partial charge in [0.1, 0.15) is 0 Å². The zero-order valence-corrected chi connectivity index (χ0v) is 15.1. The number of aryl methyl sites for hydroxylation is 2. The second kappa shape index (κ2) is 7.26. The van der Waals surface area contributed by atoms with Crippen molar-refractivity contribution in [3.63, 3.8) is 0 Å². The summed E-state index contributed by atoms with van der Waals surface area (Å²) < 4.78 is 0. The molecular formula is C20H33N. The van der Waals surface area contributed by atoms with Gasteiger partial charge in [0.2, 0.25) is 0 Å². The smallest absolute Gasteiger partial charge is 0.0144 e. The van der Waals surface area contributed by atoms with Crippen LogP contribution in [0, 0.1) is 13.8 Å². The summed E-state index contributed by atoms with van der Waals surface area (Å²) in [5, 5.41) is 3.60. The molecule has 1 atom stereocenters. The molecule has 1 aromatic rings. The van der Waals surface area contributed by atoms with Gasteiger partial charge in [0, 0.05) is 6.04 Å². The Kier molecular flexibility index (Phi) is 6.22. The summed E-state index contributed by atoms with van der Waals surface area (Å²) >= 11 is 0. The SMILES string of the molecule is C=C(C)CC(Cc1c(C)cc(C(C)(C)C)cc1C)NCC. The second-order valence-electron chi connectivity index (χ2n) is 7.46. The lowest BCUT2D eigenvalue weighted by Gasteiger charge is -2.25. The maximum atomic E-state index is 4.07. The molecule has 0 saturated carbocycles. The minimum atomic E-state index is 0.215. The Balaban J connectivity index is 3.04. The molecular weight excluding hydrogens is 254 g/mol. The average molecular weight is 287 g/mol. The summed E-state index contributed by atoms with van der Waals surface area (Å²) in [5.74, 6) is 0. The molecule has 0 radical (unpaired) electrons. The van der Waals surface area contributed by atoms with Gasteiger partial charge in [-0.25, -0.2) is 0 Å². The highest BCUT2D eigenvalue weighted by Crippen LogP contribution is 2.28. The van der Waals surface area contributed by atoms with E-state index in [9.17, 15) is 0 Å². The molecule has 1 rings (SSSR count). The molecule has 0 saturated heterocycles. The quantitative estimate of drug-likeness (QED) is 0.719. The van der Waals surface area contributed by atoms with Crippen LogP contribution >= 0.6 is 0 Å². The monoisotopic (exact) mass is 287 g/mol. The van der Waals surface area contributed by atoms with Crippen LogP contribution in [0.5, 0.6) is 0 Å². The molecule has 0 heterocycles. The zero-order chi connectivity index (χ0) is 16.2. The Morgan fingerprint density at radius 3 is 2.10 bits per heavy atom. The molecule has 1 nitrogen and oxygen atoms in total. The Labute approximate surface area is 131 Å². The number of benzene rings is 1. The summed E-state index contributed by atoms with van der Waals surface area (Å²) in [6.45, 7) is 20.7. The summed E-state index contributed by atoms with van der Waals surface area (Å²) in [7, 11) is 0. The standard InChI is InChI=1S/C20H33N/c1-9-21-18(10-14(2)3)13-19-15(4)11-17(12-16(19)5)20(6,7)8/h11-12,18,21H,2,9-10,13H2,1,3-8H3. The predicted molar refractivity (Wildman–Crippen MR) is 95.2 cm³/mol. The fourth-order valence-electron chi connectivity index (χ4n) is 2.92. The highest BCUT2D eigenvalue weighted by atomic mass is 14.9. The van der Waals surface area contributed by atoms with Crippen molar-refractivity contribution in [1.29, 1.82) is 0 Å². The van der Waals surface area contributed by atoms with Crippen LogP contribution in [0.3, 0.4) is 0 Å². The van der Waals surface area contributed by atoms with E-state index in [1.54, 1.807) is 0 Å². The Hall–Kier alpha value is -1.08. The highest BCUT2D eigenvalue weighted by molar-refractivity contribution is 5.41. The maximum absolute atomic E-state index is 4.07. The van der Waals surface area contributed by atoms with Crippen LogP contribution in [0.1, 0.15) is 63.3 Å². The predicted octanol–water partition coefficient (Wildman–Crippen LogP) is 5.09. The summed E-state index contributed by atoms with van der Waals surface area (Å²) in [6, 6.07) is 5.23. The lowest BCUT2D eigenvalue weighted by atomic mass is 9.82. The summed E-state index contributed by atoms with van der Waals surface area (Å²) in [6.07, 6.45) is 2.14. The van der Waals surface area contributed by atoms with Crippen LogP contribution < -0.4 is 5.32 Å². The number of hydrogen-bond acceptors (Lipinski definition) is 1. The van der Waals surface area contributed by atoms with Crippen molar-refractivity contribution in [3.8, 4) is 0 Å². The van der Waals surface area contributed by atoms with Crippen LogP contribution in [0.25, 0.3) is 0 Å². The molecule has 1 heteroatoms. The van der Waals surface area contributed by atoms with E-state index in [4.69, 9.17) is 0 Å². The number of rotatable bonds is 6. The van der Waals surface area contributed by atoms with Crippen molar-refractivity contribution in [2.75, 3.05) is 6.54 Å². The van der Waals surface area contributed by atoms with Gasteiger partial charge in [0.05, 0.1) is 0 Å². The zero-order valence-electron chi connectivity index (χ0n) is 15.1. The lowest BCUT2D eigenvalue weighted by molar-refractivity contribution is 0.517. The molecule has 0 bridgehead atoms. The largest absolute Gasteiger partial charge is 0.314 e. The van der Waals surface area contributed by atoms with Gasteiger partial charge in [0.25, 0.3) is 0 Å². The molecule has 1 N–H and O–H groups in total. The van der Waals surface area contributed by atoms with Gasteiger partial charge in [-0.05, 0) is 67.8 Å². The third-order valence-electron chi connectivity index (χ3n) is 4.10. The molecule has 118 valence electrons. The van der Waals surface area contributed by atoms with Gasteiger partial charge in [-0.15, -0.1) is 6.58 Å². The fourth-order valence-corrected chi connectivity index (χ4v) is 2.92. The first-order valence-electron chi connectivity index (χ1n) is 8.13. The first-order chi connectivity index (χ1) is 9.65. The summed E-state index contributed by atoms with van der Waals surface area (Å²) in [4.78, 5) is 0. The molecule has 0 aliphatic carbocycles. The second-order valence-corrected chi connectivity index (χ2v) is 7.46. The number of nitrogens with one attached hydrogen (secondary N) is 1. The van der Waals surface area contributed by atoms with E-state index in [1.165, 1.54) is 27.8 Å². The lowest BCUT2D eigenvalue weighted by Crippen LogP contribution is -2.31. The fraction of sp³-hybridized carbons (Fsp3) is 0.600. The van der Waals surface area contributed by atoms with Gasteiger partial charge < -0.3 is 5.32 Å². The van der Waals surface area contributed by atoms with E-state index in [0.717, 1.165) is 19.4 Å². The van der Waals surface area contributed by atoms with Crippen LogP contribution in [0.4, 0.5) is 0 Å². The summed E-state index contributed by atoms with van der Waals surface area (Å²) in [5.41, 5.74) is 7.24. The van der Waals surface area contributed by atoms with Gasteiger partial charge in [-0.3, -0.25) is 0 Å². The van der Waals surface area contributed by atoms with Gasteiger partial charge in [-0.2, -0.15) is 0 Å². The Bertz CT molecular complexity index is 468. The third kappa shape index (κ3) is 5.32. The highest BCUT2D eigenvalue weighted by Gasteiger charge is 2.18. The van der Waals surface area contributed by atoms with Gasteiger partial charge >= 0.3 is 0 Å². The van der Waals surface area contributed by atoms with Crippen molar-refractivity contribution >= 4 is 0 Å². The maximum Gasteiger partial charge on any atom is 0.0144 e. The molecule has 0 spiro atoms. The van der Waals surface area contributed by atoms with Crippen LogP contribution in [-0.4, -0.2) is 12.6 Å². The minimum Gasteiger partial charge on any atom is -0.314 e. The number of hydrogen-bond donors (Lipinski definition) is 1. The average Bonchev–Trinajstić information content (AvgIpc) is 2.31. The van der Waals surface area contributed by atoms with Crippen molar-refractivity contribution in [1.82, 2.24) is 5.32 Å². The van der Waals surface area contributed by atoms with Crippen LogP contribution in [0.2, 0.25) is 0 Å². The van der Waals surface area contributed by atoms with Gasteiger partial charge in [0.15, 0.2) is 0 Å². The molecule has 0 aliphatic rings. The van der Waals surface area contributed by atoms with E-state index < -0.39 is 0 Å². The molecule has 0 amide bonds. The molecule has 21 heavy (non-hydrogen) atoms. The van der Waals surface area contributed by atoms with E-state index in [-0.39, 0.29) is 5.41 Å². The molecule has 0 aromatic heterocycles. The van der Waals surface area contributed by atoms with Crippen molar-refractivity contribution in [2.24, 2.45) is 0 Å². The topological polar surface area (TPSA) is 12.0 Å². The van der Waals surface area contributed by atoms with E-state index in [1.807, 2.05) is 0 Å². The first kappa shape index (κ1) is 18.0. The van der Waals surface area contributed by atoms with Crippen molar-refractivity contribution < 1.29 is 0 Å². The Morgan fingerprint density at radius 1 is 1.19 bits per heavy atom. The minimum absolute atomic E-state index is 0.215. The molecule has 1 unspecified atom stereocenters. The third-order valence-corrected chi connectivity index (χ3v) is 4.10. The van der Waals surface area contributed by atoms with Gasteiger partial charge in [-0.1, -0.05) is 45.4 Å². The van der Waals surface area contributed by atoms with Crippen molar-refractivity contribution in [3.05, 3.63) is 46.5 Å². The van der Waals surface area contributed by atoms with Crippen molar-refractivity contribution in [2.45, 2.75) is 72.8 Å². The number of likely N-dealkylation sites (N-methyl/N-ethyl adjacent to an activating group) is 1.